The molecule has 1 aliphatic heterocycles. The number of piperidine rings is 1. The zero-order chi connectivity index (χ0) is 19.8. The van der Waals surface area contributed by atoms with Crippen LogP contribution < -0.4 is 0 Å². The van der Waals surface area contributed by atoms with Crippen LogP contribution in [0.2, 0.25) is 0 Å². The standard InChI is InChI=1S/C20H21N5O3/c1-12-7-9-24(17(10-12)20(27)28)19(26)18-13(2)25(23-22-18)15-5-6-16-14(11-15)4-3-8-21-16/h3-6,8,11-12,17H,7,9-10H2,1-2H3,(H,27,28)/t12-,17-/m1/s1. The van der Waals surface area contributed by atoms with Gasteiger partial charge in [-0.2, -0.15) is 0 Å². The summed E-state index contributed by atoms with van der Waals surface area (Å²) < 4.78 is 1.60. The van der Waals surface area contributed by atoms with Gasteiger partial charge in [0.1, 0.15) is 6.04 Å². The molecule has 8 heteroatoms. The number of benzene rings is 1. The average Bonchev–Trinajstić information content (AvgIpc) is 3.08. The maximum Gasteiger partial charge on any atom is 0.326 e. The SMILES string of the molecule is Cc1c(C(=O)N2CC[C@@H](C)C[C@@H]2C(=O)O)nnn1-c1ccc2ncccc2c1. The van der Waals surface area contributed by atoms with Gasteiger partial charge in [0.05, 0.1) is 16.9 Å². The molecular formula is C20H21N5O3. The topological polar surface area (TPSA) is 101 Å². The van der Waals surface area contributed by atoms with E-state index in [-0.39, 0.29) is 17.5 Å². The molecular weight excluding hydrogens is 358 g/mol. The molecule has 2 atom stereocenters. The lowest BCUT2D eigenvalue weighted by Gasteiger charge is -2.35. The minimum Gasteiger partial charge on any atom is -0.480 e. The van der Waals surface area contributed by atoms with E-state index in [0.717, 1.165) is 23.0 Å². The van der Waals surface area contributed by atoms with Crippen molar-refractivity contribution in [2.75, 3.05) is 6.54 Å². The number of aromatic nitrogens is 4. The van der Waals surface area contributed by atoms with Crippen LogP contribution in [0.15, 0.2) is 36.5 Å². The summed E-state index contributed by atoms with van der Waals surface area (Å²) in [6.45, 7) is 4.18. The first-order valence-corrected chi connectivity index (χ1v) is 9.27. The Morgan fingerprint density at radius 3 is 2.86 bits per heavy atom. The van der Waals surface area contributed by atoms with Crippen LogP contribution in [0.1, 0.15) is 35.9 Å². The van der Waals surface area contributed by atoms with Crippen molar-refractivity contribution in [3.05, 3.63) is 47.9 Å². The van der Waals surface area contributed by atoms with Gasteiger partial charge in [-0.1, -0.05) is 18.2 Å². The van der Waals surface area contributed by atoms with Gasteiger partial charge in [0.15, 0.2) is 5.69 Å². The molecule has 28 heavy (non-hydrogen) atoms. The number of hydrogen-bond acceptors (Lipinski definition) is 5. The first-order valence-electron chi connectivity index (χ1n) is 9.27. The minimum absolute atomic E-state index is 0.187. The molecule has 3 heterocycles. The highest BCUT2D eigenvalue weighted by molar-refractivity contribution is 5.96. The summed E-state index contributed by atoms with van der Waals surface area (Å²) in [6.07, 6.45) is 2.96. The van der Waals surface area contributed by atoms with E-state index in [1.165, 1.54) is 4.90 Å². The number of carbonyl (C=O) groups excluding carboxylic acids is 1. The second-order valence-electron chi connectivity index (χ2n) is 7.30. The van der Waals surface area contributed by atoms with Crippen molar-refractivity contribution in [3.8, 4) is 5.69 Å². The summed E-state index contributed by atoms with van der Waals surface area (Å²) in [7, 11) is 0. The Morgan fingerprint density at radius 1 is 1.25 bits per heavy atom. The van der Waals surface area contributed by atoms with Gasteiger partial charge in [0.2, 0.25) is 0 Å². The number of pyridine rings is 1. The van der Waals surface area contributed by atoms with Gasteiger partial charge in [-0.3, -0.25) is 9.78 Å². The Bertz CT molecular complexity index is 1060. The molecule has 1 aromatic carbocycles. The summed E-state index contributed by atoms with van der Waals surface area (Å²) in [6, 6.07) is 8.68. The predicted octanol–water partition coefficient (Wildman–Crippen LogP) is 2.45. The lowest BCUT2D eigenvalue weighted by Crippen LogP contribution is -2.50. The molecule has 1 N–H and O–H groups in total. The van der Waals surface area contributed by atoms with E-state index in [2.05, 4.69) is 15.3 Å². The first kappa shape index (κ1) is 18.1. The molecule has 1 aliphatic rings. The fraction of sp³-hybridized carbons (Fsp3) is 0.350. The molecule has 4 rings (SSSR count). The fourth-order valence-corrected chi connectivity index (χ4v) is 3.72. The summed E-state index contributed by atoms with van der Waals surface area (Å²) in [5, 5.41) is 18.7. The molecule has 1 amide bonds. The second kappa shape index (κ2) is 7.03. The van der Waals surface area contributed by atoms with Gasteiger partial charge in [-0.25, -0.2) is 9.48 Å². The van der Waals surface area contributed by atoms with E-state index in [1.807, 2.05) is 37.3 Å². The Labute approximate surface area is 161 Å². The fourth-order valence-electron chi connectivity index (χ4n) is 3.72. The van der Waals surface area contributed by atoms with Crippen LogP contribution in [0, 0.1) is 12.8 Å². The van der Waals surface area contributed by atoms with Crippen LogP contribution >= 0.6 is 0 Å². The molecule has 0 spiro atoms. The Kier molecular flexibility index (Phi) is 4.54. The number of fused-ring (bicyclic) bond motifs is 1. The van der Waals surface area contributed by atoms with Crippen molar-refractivity contribution in [1.82, 2.24) is 24.9 Å². The van der Waals surface area contributed by atoms with Gasteiger partial charge in [-0.05, 0) is 49.9 Å². The van der Waals surface area contributed by atoms with E-state index in [1.54, 1.807) is 17.8 Å². The maximum atomic E-state index is 13.0. The third-order valence-electron chi connectivity index (χ3n) is 5.34. The van der Waals surface area contributed by atoms with Crippen LogP contribution in [-0.2, 0) is 4.79 Å². The van der Waals surface area contributed by atoms with Crippen molar-refractivity contribution in [3.63, 3.8) is 0 Å². The summed E-state index contributed by atoms with van der Waals surface area (Å²) in [5.41, 5.74) is 2.40. The molecule has 0 bridgehead atoms. The lowest BCUT2D eigenvalue weighted by atomic mass is 9.92. The van der Waals surface area contributed by atoms with E-state index in [9.17, 15) is 14.7 Å². The molecule has 1 saturated heterocycles. The normalized spacial score (nSPS) is 19.7. The third kappa shape index (κ3) is 3.11. The van der Waals surface area contributed by atoms with Crippen molar-refractivity contribution in [2.45, 2.75) is 32.7 Å². The number of likely N-dealkylation sites (tertiary alicyclic amines) is 1. The van der Waals surface area contributed by atoms with Gasteiger partial charge < -0.3 is 10.0 Å². The minimum atomic E-state index is -0.980. The number of carboxylic acid groups (broad SMARTS) is 1. The smallest absolute Gasteiger partial charge is 0.326 e. The van der Waals surface area contributed by atoms with Crippen LogP contribution in [0.4, 0.5) is 0 Å². The van der Waals surface area contributed by atoms with Crippen molar-refractivity contribution >= 4 is 22.8 Å². The Morgan fingerprint density at radius 2 is 2.07 bits per heavy atom. The van der Waals surface area contributed by atoms with Crippen LogP contribution in [0.3, 0.4) is 0 Å². The zero-order valence-electron chi connectivity index (χ0n) is 15.7. The van der Waals surface area contributed by atoms with E-state index >= 15 is 0 Å². The average molecular weight is 379 g/mol. The molecule has 3 aromatic rings. The number of nitrogens with zero attached hydrogens (tertiary/aromatic N) is 5. The van der Waals surface area contributed by atoms with Gasteiger partial charge in [0.25, 0.3) is 5.91 Å². The van der Waals surface area contributed by atoms with Crippen molar-refractivity contribution in [2.24, 2.45) is 5.92 Å². The summed E-state index contributed by atoms with van der Waals surface area (Å²) >= 11 is 0. The van der Waals surface area contributed by atoms with Gasteiger partial charge >= 0.3 is 5.97 Å². The number of amides is 1. The Hall–Kier alpha value is -3.29. The highest BCUT2D eigenvalue weighted by Gasteiger charge is 2.37. The molecule has 2 aromatic heterocycles. The molecule has 0 saturated carbocycles. The number of carboxylic acids is 1. The lowest BCUT2D eigenvalue weighted by molar-refractivity contribution is -0.144. The van der Waals surface area contributed by atoms with Crippen molar-refractivity contribution in [1.29, 1.82) is 0 Å². The molecule has 1 fully saturated rings. The summed E-state index contributed by atoms with van der Waals surface area (Å²) in [4.78, 5) is 30.4. The van der Waals surface area contributed by atoms with Gasteiger partial charge in [0, 0.05) is 18.1 Å². The monoisotopic (exact) mass is 379 g/mol. The van der Waals surface area contributed by atoms with Crippen LogP contribution in [-0.4, -0.2) is 54.4 Å². The first-order chi connectivity index (χ1) is 13.5. The number of hydrogen-bond donors (Lipinski definition) is 1. The van der Waals surface area contributed by atoms with E-state index in [0.29, 0.717) is 18.7 Å². The molecule has 0 aliphatic carbocycles. The molecule has 8 nitrogen and oxygen atoms in total. The predicted molar refractivity (Wildman–Crippen MR) is 102 cm³/mol. The van der Waals surface area contributed by atoms with E-state index in [4.69, 9.17) is 0 Å². The van der Waals surface area contributed by atoms with E-state index < -0.39 is 12.0 Å². The highest BCUT2D eigenvalue weighted by Crippen LogP contribution is 2.25. The third-order valence-corrected chi connectivity index (χ3v) is 5.34. The molecule has 0 radical (unpaired) electrons. The molecule has 144 valence electrons. The quantitative estimate of drug-likeness (QED) is 0.750. The van der Waals surface area contributed by atoms with Crippen LogP contribution in [0.25, 0.3) is 16.6 Å². The van der Waals surface area contributed by atoms with Crippen LogP contribution in [0.5, 0.6) is 0 Å². The number of aliphatic carboxylic acids is 1. The van der Waals surface area contributed by atoms with Crippen molar-refractivity contribution < 1.29 is 14.7 Å². The highest BCUT2D eigenvalue weighted by atomic mass is 16.4. The maximum absolute atomic E-state index is 13.0. The second-order valence-corrected chi connectivity index (χ2v) is 7.30. The summed E-state index contributed by atoms with van der Waals surface area (Å²) in [5.74, 6) is -1.09. The van der Waals surface area contributed by atoms with Gasteiger partial charge in [-0.15, -0.1) is 5.10 Å². The number of carbonyl (C=O) groups is 2. The zero-order valence-corrected chi connectivity index (χ0v) is 15.7. The largest absolute Gasteiger partial charge is 0.480 e. The molecule has 0 unspecified atom stereocenters. The number of rotatable bonds is 3. The Balaban J connectivity index is 1.67.